The van der Waals surface area contributed by atoms with Gasteiger partial charge in [0.05, 0.1) is 0 Å². The van der Waals surface area contributed by atoms with Crippen molar-refractivity contribution >= 4 is 6.08 Å². The van der Waals surface area contributed by atoms with E-state index in [1.165, 1.54) is 24.0 Å². The van der Waals surface area contributed by atoms with E-state index in [2.05, 4.69) is 50.8 Å². The van der Waals surface area contributed by atoms with Crippen LogP contribution in [0.4, 0.5) is 8.78 Å². The van der Waals surface area contributed by atoms with Crippen molar-refractivity contribution in [2.24, 2.45) is 0 Å². The first-order valence-electron chi connectivity index (χ1n) is 14.1. The van der Waals surface area contributed by atoms with Crippen LogP contribution in [0.5, 0.6) is 0 Å². The molecule has 2 heteroatoms. The second kappa shape index (κ2) is 13.4. The van der Waals surface area contributed by atoms with Crippen LogP contribution in [0.3, 0.4) is 0 Å². The van der Waals surface area contributed by atoms with Crippen LogP contribution in [-0.2, 0) is 25.7 Å². The van der Waals surface area contributed by atoms with Crippen LogP contribution in [0, 0.1) is 11.8 Å². The van der Waals surface area contributed by atoms with Crippen molar-refractivity contribution in [1.82, 2.24) is 0 Å². The Morgan fingerprint density at radius 3 is 2.24 bits per heavy atom. The summed E-state index contributed by atoms with van der Waals surface area (Å²) in [6.45, 7) is 6.53. The van der Waals surface area contributed by atoms with Crippen LogP contribution in [0.25, 0.3) is 6.08 Å². The minimum Gasteiger partial charge on any atom is -0.234 e. The molecule has 4 rings (SSSR count). The predicted molar refractivity (Wildman–Crippen MR) is 157 cm³/mol. The van der Waals surface area contributed by atoms with Gasteiger partial charge in [-0.2, -0.15) is 0 Å². The summed E-state index contributed by atoms with van der Waals surface area (Å²) in [7, 11) is 0. The Morgan fingerprint density at radius 2 is 1.53 bits per heavy atom. The molecule has 1 aliphatic rings. The molecule has 0 aliphatic heterocycles. The Hall–Kier alpha value is -3.44. The molecule has 0 fully saturated rings. The number of alkyl halides is 1. The second-order valence-corrected chi connectivity index (χ2v) is 10.2. The molecule has 196 valence electrons. The Morgan fingerprint density at radius 1 is 0.816 bits per heavy atom. The summed E-state index contributed by atoms with van der Waals surface area (Å²) in [5.74, 6) is 5.96. The van der Waals surface area contributed by atoms with E-state index in [9.17, 15) is 0 Å². The third-order valence-corrected chi connectivity index (χ3v) is 7.32. The molecular formula is C36H38F2. The van der Waals surface area contributed by atoms with Crippen LogP contribution in [0.2, 0.25) is 0 Å². The van der Waals surface area contributed by atoms with Gasteiger partial charge >= 0.3 is 0 Å². The summed E-state index contributed by atoms with van der Waals surface area (Å²) in [6, 6.07) is 19.9. The number of halogens is 2. The fourth-order valence-corrected chi connectivity index (χ4v) is 4.89. The Kier molecular flexibility index (Phi) is 9.72. The predicted octanol–water partition coefficient (Wildman–Crippen LogP) is 9.84. The standard InChI is InChI=1S/C36H38F2/c1-4-7-9-26-11-18-31(19-12-26)35(37)36(38)34-22-21-32-24-28(15-20-33(32)25-34)14-17-30-16-13-27(10-8-5-2)23-29(30)6-3/h11-13,15-16,18-24,35H,4-10,25H2,1-3H3. The van der Waals surface area contributed by atoms with Gasteiger partial charge in [-0.3, -0.25) is 0 Å². The third kappa shape index (κ3) is 6.90. The van der Waals surface area contributed by atoms with E-state index >= 15 is 8.78 Å². The molecule has 1 unspecified atom stereocenters. The molecule has 0 aromatic heterocycles. The number of fused-ring (bicyclic) bond motifs is 1. The van der Waals surface area contributed by atoms with Crippen LogP contribution in [0.15, 0.2) is 78.1 Å². The maximum atomic E-state index is 15.2. The zero-order valence-corrected chi connectivity index (χ0v) is 22.9. The maximum Gasteiger partial charge on any atom is 0.177 e. The molecular weight excluding hydrogens is 470 g/mol. The van der Waals surface area contributed by atoms with Crippen molar-refractivity contribution in [2.75, 3.05) is 0 Å². The van der Waals surface area contributed by atoms with E-state index in [0.29, 0.717) is 17.6 Å². The zero-order valence-electron chi connectivity index (χ0n) is 22.9. The minimum atomic E-state index is -1.75. The normalized spacial score (nSPS) is 14.4. The zero-order chi connectivity index (χ0) is 26.9. The molecule has 0 bridgehead atoms. The molecule has 1 aliphatic carbocycles. The van der Waals surface area contributed by atoms with E-state index in [1.54, 1.807) is 18.2 Å². The molecule has 0 radical (unpaired) electrons. The SMILES string of the molecule is CCCCc1ccc(C(F)C(F)=C2C=Cc3cc(C#Cc4ccc(CCCC)cc4CC)ccc3C2)cc1. The minimum absolute atomic E-state index is 0.366. The summed E-state index contributed by atoms with van der Waals surface area (Å²) in [5.41, 5.74) is 8.57. The highest BCUT2D eigenvalue weighted by molar-refractivity contribution is 5.65. The number of aryl methyl sites for hydroxylation is 3. The summed E-state index contributed by atoms with van der Waals surface area (Å²) in [5, 5.41) is 0. The van der Waals surface area contributed by atoms with Crippen molar-refractivity contribution in [3.63, 3.8) is 0 Å². The first-order valence-corrected chi connectivity index (χ1v) is 14.1. The van der Waals surface area contributed by atoms with Crippen LogP contribution in [-0.4, -0.2) is 0 Å². The summed E-state index contributed by atoms with van der Waals surface area (Å²) >= 11 is 0. The highest BCUT2D eigenvalue weighted by Gasteiger charge is 2.21. The number of hydrogen-bond acceptors (Lipinski definition) is 0. The van der Waals surface area contributed by atoms with E-state index in [0.717, 1.165) is 59.9 Å². The summed E-state index contributed by atoms with van der Waals surface area (Å²) < 4.78 is 30.2. The Balaban J connectivity index is 1.48. The number of hydrogen-bond donors (Lipinski definition) is 0. The van der Waals surface area contributed by atoms with Crippen molar-refractivity contribution in [2.45, 2.75) is 78.3 Å². The summed E-state index contributed by atoms with van der Waals surface area (Å²) in [6.07, 6.45) is 9.85. The van der Waals surface area contributed by atoms with E-state index < -0.39 is 12.0 Å². The number of rotatable bonds is 9. The maximum absolute atomic E-state index is 15.2. The molecule has 38 heavy (non-hydrogen) atoms. The van der Waals surface area contributed by atoms with Gasteiger partial charge in [0.2, 0.25) is 0 Å². The average molecular weight is 509 g/mol. The highest BCUT2D eigenvalue weighted by Crippen LogP contribution is 2.34. The van der Waals surface area contributed by atoms with Gasteiger partial charge in [-0.25, -0.2) is 8.78 Å². The van der Waals surface area contributed by atoms with Crippen molar-refractivity contribution < 1.29 is 8.78 Å². The number of benzene rings is 3. The largest absolute Gasteiger partial charge is 0.234 e. The van der Waals surface area contributed by atoms with Crippen LogP contribution < -0.4 is 0 Å². The van der Waals surface area contributed by atoms with Gasteiger partial charge in [0, 0.05) is 17.5 Å². The third-order valence-electron chi connectivity index (χ3n) is 7.32. The van der Waals surface area contributed by atoms with Gasteiger partial charge in [0.1, 0.15) is 5.83 Å². The van der Waals surface area contributed by atoms with Gasteiger partial charge in [-0.1, -0.05) is 100 Å². The smallest absolute Gasteiger partial charge is 0.177 e. The number of unbranched alkanes of at least 4 members (excludes halogenated alkanes) is 2. The second-order valence-electron chi connectivity index (χ2n) is 10.2. The van der Waals surface area contributed by atoms with Crippen molar-refractivity contribution in [3.8, 4) is 11.8 Å². The molecule has 3 aromatic rings. The average Bonchev–Trinajstić information content (AvgIpc) is 2.97. The molecule has 0 saturated carbocycles. The van der Waals surface area contributed by atoms with Crippen LogP contribution in [0.1, 0.15) is 97.1 Å². The van der Waals surface area contributed by atoms with Crippen molar-refractivity contribution in [3.05, 3.63) is 123 Å². The molecule has 3 aromatic carbocycles. The molecule has 0 N–H and O–H groups in total. The molecule has 0 nitrogen and oxygen atoms in total. The first-order chi connectivity index (χ1) is 18.5. The fraction of sp³-hybridized carbons (Fsp3) is 0.333. The molecule has 0 spiro atoms. The Bertz CT molecular complexity index is 1360. The van der Waals surface area contributed by atoms with E-state index in [4.69, 9.17) is 0 Å². The lowest BCUT2D eigenvalue weighted by Crippen LogP contribution is -2.03. The summed E-state index contributed by atoms with van der Waals surface area (Å²) in [4.78, 5) is 0. The molecule has 0 heterocycles. The van der Waals surface area contributed by atoms with E-state index in [-0.39, 0.29) is 0 Å². The molecule has 0 saturated heterocycles. The molecule has 0 amide bonds. The lowest BCUT2D eigenvalue weighted by Gasteiger charge is -2.16. The lowest BCUT2D eigenvalue weighted by molar-refractivity contribution is 0.331. The van der Waals surface area contributed by atoms with Gasteiger partial charge < -0.3 is 0 Å². The quantitative estimate of drug-likeness (QED) is 0.252. The lowest BCUT2D eigenvalue weighted by atomic mass is 9.90. The molecule has 1 atom stereocenters. The topological polar surface area (TPSA) is 0 Å². The van der Waals surface area contributed by atoms with E-state index in [1.807, 2.05) is 36.4 Å². The first kappa shape index (κ1) is 27.6. The Labute approximate surface area is 227 Å². The van der Waals surface area contributed by atoms with Gasteiger partial charge in [0.25, 0.3) is 0 Å². The van der Waals surface area contributed by atoms with Gasteiger partial charge in [-0.15, -0.1) is 0 Å². The van der Waals surface area contributed by atoms with Gasteiger partial charge in [-0.05, 0) is 89.3 Å². The fourth-order valence-electron chi connectivity index (χ4n) is 4.89. The van der Waals surface area contributed by atoms with Gasteiger partial charge in [0.15, 0.2) is 6.17 Å². The monoisotopic (exact) mass is 508 g/mol. The van der Waals surface area contributed by atoms with Crippen molar-refractivity contribution in [1.29, 1.82) is 0 Å². The van der Waals surface area contributed by atoms with Crippen LogP contribution >= 0.6 is 0 Å². The number of allylic oxidation sites excluding steroid dienone is 3. The highest BCUT2D eigenvalue weighted by atomic mass is 19.2.